The number of ether oxygens (including phenoxy) is 1. The Morgan fingerprint density at radius 1 is 1.40 bits per heavy atom. The molecule has 0 bridgehead atoms. The van der Waals surface area contributed by atoms with Crippen molar-refractivity contribution in [1.82, 2.24) is 5.32 Å². The number of methoxy groups -OCH3 is 1. The molecule has 0 spiro atoms. The molecule has 2 N–H and O–H groups in total. The fraction of sp³-hybridized carbons (Fsp3) is 0.421. The van der Waals surface area contributed by atoms with E-state index in [0.29, 0.717) is 24.3 Å². The first-order valence-electron chi connectivity index (χ1n) is 8.97. The van der Waals surface area contributed by atoms with Crippen molar-refractivity contribution in [1.29, 1.82) is 5.26 Å². The van der Waals surface area contributed by atoms with Gasteiger partial charge in [0.05, 0.1) is 18.9 Å². The molecule has 2 heterocycles. The number of rotatable bonds is 5. The molecule has 1 amide bonds. The van der Waals surface area contributed by atoms with Gasteiger partial charge in [0.25, 0.3) is 5.91 Å². The molecule has 2 aromatic rings. The monoisotopic (exact) mass is 441 g/mol. The number of carbonyl (C=O) groups is 2. The van der Waals surface area contributed by atoms with Crippen molar-refractivity contribution in [3.05, 3.63) is 40.2 Å². The van der Waals surface area contributed by atoms with Gasteiger partial charge in [0.1, 0.15) is 11.1 Å². The molecule has 1 aliphatic carbocycles. The number of thiophene rings is 1. The SMILES string of the molecule is COC(=O)C(NC(=O)c1ccco1)(Nc1sc2c(c1C#N)CCC(C)C2)C(F)(F)F. The maximum absolute atomic E-state index is 14.2. The molecule has 0 aromatic carbocycles. The van der Waals surface area contributed by atoms with Crippen molar-refractivity contribution in [3.8, 4) is 6.07 Å². The zero-order valence-corrected chi connectivity index (χ0v) is 16.9. The number of nitrogens with one attached hydrogen (secondary N) is 2. The second-order valence-corrected chi connectivity index (χ2v) is 8.07. The van der Waals surface area contributed by atoms with Crippen molar-refractivity contribution in [3.63, 3.8) is 0 Å². The van der Waals surface area contributed by atoms with Crippen molar-refractivity contribution < 1.29 is 31.9 Å². The van der Waals surface area contributed by atoms with Gasteiger partial charge in [0, 0.05) is 4.88 Å². The number of amides is 1. The van der Waals surface area contributed by atoms with E-state index in [1.807, 2.05) is 13.0 Å². The third-order valence-corrected chi connectivity index (χ3v) is 6.06. The molecule has 0 radical (unpaired) electrons. The lowest BCUT2D eigenvalue weighted by Gasteiger charge is -2.34. The molecule has 2 aromatic heterocycles. The normalized spacial score (nSPS) is 17.9. The molecule has 0 saturated carbocycles. The molecular weight excluding hydrogens is 423 g/mol. The summed E-state index contributed by atoms with van der Waals surface area (Å²) in [7, 11) is 0.774. The van der Waals surface area contributed by atoms with Gasteiger partial charge in [0.2, 0.25) is 0 Å². The minimum atomic E-state index is -5.30. The lowest BCUT2D eigenvalue weighted by Crippen LogP contribution is -2.69. The molecule has 160 valence electrons. The molecule has 3 rings (SSSR count). The lowest BCUT2D eigenvalue weighted by atomic mass is 9.88. The van der Waals surface area contributed by atoms with Crippen LogP contribution in [0.3, 0.4) is 0 Å². The number of fused-ring (bicyclic) bond motifs is 1. The third-order valence-electron chi connectivity index (χ3n) is 4.89. The molecule has 0 aliphatic heterocycles. The van der Waals surface area contributed by atoms with Crippen molar-refractivity contribution in [2.75, 3.05) is 12.4 Å². The molecule has 0 fully saturated rings. The van der Waals surface area contributed by atoms with E-state index >= 15 is 0 Å². The molecule has 2 unspecified atom stereocenters. The zero-order chi connectivity index (χ0) is 22.1. The summed E-state index contributed by atoms with van der Waals surface area (Å²) < 4.78 is 51.8. The lowest BCUT2D eigenvalue weighted by molar-refractivity contribution is -0.203. The van der Waals surface area contributed by atoms with Gasteiger partial charge < -0.3 is 19.8 Å². The summed E-state index contributed by atoms with van der Waals surface area (Å²) in [6, 6.07) is 4.40. The van der Waals surface area contributed by atoms with Crippen molar-refractivity contribution in [2.24, 2.45) is 5.92 Å². The first-order chi connectivity index (χ1) is 14.1. The predicted molar refractivity (Wildman–Crippen MR) is 101 cm³/mol. The van der Waals surface area contributed by atoms with Gasteiger partial charge in [-0.25, -0.2) is 4.79 Å². The van der Waals surface area contributed by atoms with Crippen LogP contribution in [0.2, 0.25) is 0 Å². The Bertz CT molecular complexity index is 994. The van der Waals surface area contributed by atoms with E-state index in [1.54, 1.807) is 5.32 Å². The Kier molecular flexibility index (Phi) is 5.81. The molecule has 7 nitrogen and oxygen atoms in total. The topological polar surface area (TPSA) is 104 Å². The summed E-state index contributed by atoms with van der Waals surface area (Å²) in [5.74, 6) is -3.15. The summed E-state index contributed by atoms with van der Waals surface area (Å²) in [6.07, 6.45) is -2.22. The van der Waals surface area contributed by atoms with Crippen LogP contribution >= 0.6 is 11.3 Å². The quantitative estimate of drug-likeness (QED) is 0.543. The Labute approximate surface area is 173 Å². The maximum Gasteiger partial charge on any atom is 0.441 e. The van der Waals surface area contributed by atoms with Gasteiger partial charge in [0.15, 0.2) is 5.76 Å². The fourth-order valence-corrected chi connectivity index (χ4v) is 4.73. The number of hydrogen-bond donors (Lipinski definition) is 2. The van der Waals surface area contributed by atoms with Gasteiger partial charge in [-0.05, 0) is 42.9 Å². The Balaban J connectivity index is 2.08. The minimum absolute atomic E-state index is 0.0340. The second kappa shape index (κ2) is 8.02. The molecule has 30 heavy (non-hydrogen) atoms. The Morgan fingerprint density at radius 3 is 2.70 bits per heavy atom. The van der Waals surface area contributed by atoms with E-state index in [2.05, 4.69) is 10.1 Å². The predicted octanol–water partition coefficient (Wildman–Crippen LogP) is 3.61. The highest BCUT2D eigenvalue weighted by Crippen LogP contribution is 2.42. The highest BCUT2D eigenvalue weighted by Gasteiger charge is 2.64. The molecule has 11 heteroatoms. The first-order valence-corrected chi connectivity index (χ1v) is 9.78. The average Bonchev–Trinajstić information content (AvgIpc) is 3.32. The summed E-state index contributed by atoms with van der Waals surface area (Å²) in [5.41, 5.74) is -2.91. The number of anilines is 1. The third kappa shape index (κ3) is 3.75. The number of halogens is 3. The van der Waals surface area contributed by atoms with Crippen LogP contribution in [0.1, 0.15) is 39.9 Å². The Morgan fingerprint density at radius 2 is 2.13 bits per heavy atom. The van der Waals surface area contributed by atoms with Gasteiger partial charge in [-0.2, -0.15) is 18.4 Å². The van der Waals surface area contributed by atoms with E-state index in [0.717, 1.165) is 42.1 Å². The van der Waals surface area contributed by atoms with Crippen LogP contribution in [0.25, 0.3) is 0 Å². The summed E-state index contributed by atoms with van der Waals surface area (Å²) in [4.78, 5) is 25.5. The summed E-state index contributed by atoms with van der Waals surface area (Å²) in [6.45, 7) is 2.01. The number of carbonyl (C=O) groups excluding carboxylic acids is 2. The van der Waals surface area contributed by atoms with Crippen LogP contribution in [0.5, 0.6) is 0 Å². The largest absolute Gasteiger partial charge is 0.466 e. The van der Waals surface area contributed by atoms with Crippen molar-refractivity contribution in [2.45, 2.75) is 38.0 Å². The second-order valence-electron chi connectivity index (χ2n) is 6.96. The zero-order valence-electron chi connectivity index (χ0n) is 16.1. The number of furan rings is 1. The highest BCUT2D eigenvalue weighted by molar-refractivity contribution is 7.16. The number of esters is 1. The van der Waals surface area contributed by atoms with Crippen LogP contribution in [0.4, 0.5) is 18.2 Å². The van der Waals surface area contributed by atoms with Crippen LogP contribution < -0.4 is 10.6 Å². The van der Waals surface area contributed by atoms with E-state index < -0.39 is 29.5 Å². The maximum atomic E-state index is 14.2. The number of hydrogen-bond acceptors (Lipinski definition) is 7. The van der Waals surface area contributed by atoms with Gasteiger partial charge in [-0.15, -0.1) is 11.3 Å². The number of nitrogens with zero attached hydrogens (tertiary/aromatic N) is 1. The standard InChI is InChI=1S/C19H18F3N3O4S/c1-10-5-6-11-12(9-23)16(30-14(11)8-10)25-18(17(27)28-2,19(20,21)22)24-15(26)13-4-3-7-29-13/h3-4,7,10,25H,5-6,8H2,1-2H3,(H,24,26). The van der Waals surface area contributed by atoms with Gasteiger partial charge >= 0.3 is 17.8 Å². The molecular formula is C19H18F3N3O4S. The average molecular weight is 441 g/mol. The van der Waals surface area contributed by atoms with E-state index in [-0.39, 0.29) is 10.6 Å². The summed E-state index contributed by atoms with van der Waals surface area (Å²) >= 11 is 0.970. The Hall–Kier alpha value is -3.00. The van der Waals surface area contributed by atoms with Crippen LogP contribution in [-0.2, 0) is 22.4 Å². The summed E-state index contributed by atoms with van der Waals surface area (Å²) in [5, 5.41) is 13.2. The van der Waals surface area contributed by atoms with Gasteiger partial charge in [-0.3, -0.25) is 4.79 Å². The fourth-order valence-electron chi connectivity index (χ4n) is 3.31. The van der Waals surface area contributed by atoms with Crippen molar-refractivity contribution >= 4 is 28.2 Å². The van der Waals surface area contributed by atoms with Crippen LogP contribution in [0.15, 0.2) is 22.8 Å². The van der Waals surface area contributed by atoms with Gasteiger partial charge in [-0.1, -0.05) is 6.92 Å². The van der Waals surface area contributed by atoms with E-state index in [4.69, 9.17) is 4.42 Å². The number of alkyl halides is 3. The van der Waals surface area contributed by atoms with E-state index in [1.165, 1.54) is 6.07 Å². The smallest absolute Gasteiger partial charge is 0.441 e. The molecule has 2 atom stereocenters. The first kappa shape index (κ1) is 21.7. The number of nitriles is 1. The van der Waals surface area contributed by atoms with Crippen LogP contribution in [-0.4, -0.2) is 30.8 Å². The highest BCUT2D eigenvalue weighted by atomic mass is 32.1. The van der Waals surface area contributed by atoms with Crippen LogP contribution in [0, 0.1) is 17.2 Å². The molecule has 1 aliphatic rings. The van der Waals surface area contributed by atoms with E-state index in [9.17, 15) is 28.0 Å². The molecule has 0 saturated heterocycles. The minimum Gasteiger partial charge on any atom is -0.466 e.